The lowest BCUT2D eigenvalue weighted by Crippen LogP contribution is -2.24. The normalized spacial score (nSPS) is 12.9. The van der Waals surface area contributed by atoms with Gasteiger partial charge in [-0.25, -0.2) is 0 Å². The van der Waals surface area contributed by atoms with E-state index in [4.69, 9.17) is 0 Å². The Balaban J connectivity index is 1.39. The molecule has 6 nitrogen and oxygen atoms in total. The Hall–Kier alpha value is -3.80. The summed E-state index contributed by atoms with van der Waals surface area (Å²) in [5.41, 5.74) is 1.58. The third kappa shape index (κ3) is 3.52. The molecule has 1 heterocycles. The summed E-state index contributed by atoms with van der Waals surface area (Å²) < 4.78 is 0. The van der Waals surface area contributed by atoms with Crippen molar-refractivity contribution in [1.29, 1.82) is 0 Å². The standard InChI is InChI=1S/C23H18N2O4/c1-25-22(28)18-9-8-17(13-19(18)23(25)29)24-21(27)11-10-20(26)16-7-6-14-4-2-3-5-15(14)12-16/h2-9,12-13H,10-11H2,1H3,(H,24,27). The van der Waals surface area contributed by atoms with Gasteiger partial charge in [0, 0.05) is 31.1 Å². The molecule has 1 aliphatic rings. The molecule has 0 saturated heterocycles. The predicted octanol–water partition coefficient (Wildman–Crippen LogP) is 3.67. The Labute approximate surface area is 167 Å². The van der Waals surface area contributed by atoms with E-state index in [-0.39, 0.29) is 36.0 Å². The highest BCUT2D eigenvalue weighted by Gasteiger charge is 2.32. The number of benzene rings is 3. The molecule has 3 amide bonds. The molecule has 4 rings (SSSR count). The third-order valence-electron chi connectivity index (χ3n) is 5.02. The van der Waals surface area contributed by atoms with Gasteiger partial charge in [0.05, 0.1) is 11.1 Å². The Morgan fingerprint density at radius 2 is 1.55 bits per heavy atom. The molecule has 0 radical (unpaired) electrons. The molecule has 0 bridgehead atoms. The van der Waals surface area contributed by atoms with E-state index < -0.39 is 5.91 Å². The topological polar surface area (TPSA) is 83.6 Å². The van der Waals surface area contributed by atoms with Crippen LogP contribution in [-0.4, -0.2) is 35.5 Å². The molecule has 0 saturated carbocycles. The maximum atomic E-state index is 12.4. The number of ketones is 1. The molecule has 0 spiro atoms. The Morgan fingerprint density at radius 3 is 2.34 bits per heavy atom. The predicted molar refractivity (Wildman–Crippen MR) is 109 cm³/mol. The highest BCUT2D eigenvalue weighted by molar-refractivity contribution is 6.21. The second-order valence-corrected chi connectivity index (χ2v) is 6.96. The van der Waals surface area contributed by atoms with Gasteiger partial charge >= 0.3 is 0 Å². The van der Waals surface area contributed by atoms with Crippen molar-refractivity contribution in [3.8, 4) is 0 Å². The van der Waals surface area contributed by atoms with Crippen LogP contribution in [0, 0.1) is 0 Å². The van der Waals surface area contributed by atoms with Gasteiger partial charge in [0.1, 0.15) is 0 Å². The van der Waals surface area contributed by atoms with Crippen LogP contribution in [0.1, 0.15) is 43.9 Å². The van der Waals surface area contributed by atoms with Crippen molar-refractivity contribution in [3.63, 3.8) is 0 Å². The summed E-state index contributed by atoms with van der Waals surface area (Å²) in [4.78, 5) is 49.7. The van der Waals surface area contributed by atoms with Crippen molar-refractivity contribution in [1.82, 2.24) is 4.90 Å². The molecule has 0 fully saturated rings. The van der Waals surface area contributed by atoms with E-state index in [1.54, 1.807) is 12.1 Å². The Bertz CT molecular complexity index is 1180. The molecule has 0 aliphatic carbocycles. The number of rotatable bonds is 5. The van der Waals surface area contributed by atoms with Crippen LogP contribution in [0.5, 0.6) is 0 Å². The van der Waals surface area contributed by atoms with Gasteiger partial charge in [-0.15, -0.1) is 0 Å². The monoisotopic (exact) mass is 386 g/mol. The highest BCUT2D eigenvalue weighted by Crippen LogP contribution is 2.25. The molecule has 3 aromatic carbocycles. The van der Waals surface area contributed by atoms with Crippen molar-refractivity contribution in [3.05, 3.63) is 77.4 Å². The van der Waals surface area contributed by atoms with Crippen LogP contribution < -0.4 is 5.32 Å². The summed E-state index contributed by atoms with van der Waals surface area (Å²) in [6.07, 6.45) is 0.102. The van der Waals surface area contributed by atoms with E-state index >= 15 is 0 Å². The van der Waals surface area contributed by atoms with E-state index in [1.807, 2.05) is 36.4 Å². The number of hydrogen-bond donors (Lipinski definition) is 1. The van der Waals surface area contributed by atoms with Crippen LogP contribution in [0.3, 0.4) is 0 Å². The maximum absolute atomic E-state index is 12.4. The molecule has 1 aliphatic heterocycles. The van der Waals surface area contributed by atoms with Gasteiger partial charge in [0.2, 0.25) is 5.91 Å². The number of imide groups is 1. The second kappa shape index (κ2) is 7.31. The van der Waals surface area contributed by atoms with Gasteiger partial charge in [0.15, 0.2) is 5.78 Å². The van der Waals surface area contributed by atoms with E-state index in [0.717, 1.165) is 15.7 Å². The van der Waals surface area contributed by atoms with Gasteiger partial charge in [0.25, 0.3) is 11.8 Å². The summed E-state index contributed by atoms with van der Waals surface area (Å²) in [6.45, 7) is 0. The summed E-state index contributed by atoms with van der Waals surface area (Å²) in [7, 11) is 1.42. The fourth-order valence-electron chi connectivity index (χ4n) is 3.40. The van der Waals surface area contributed by atoms with Crippen LogP contribution in [0.15, 0.2) is 60.7 Å². The molecule has 6 heteroatoms. The lowest BCUT2D eigenvalue weighted by Gasteiger charge is -2.07. The van der Waals surface area contributed by atoms with E-state index in [9.17, 15) is 19.2 Å². The quantitative estimate of drug-likeness (QED) is 0.536. The zero-order valence-corrected chi connectivity index (χ0v) is 15.8. The summed E-state index contributed by atoms with van der Waals surface area (Å²) >= 11 is 0. The molecule has 144 valence electrons. The first-order chi connectivity index (χ1) is 13.9. The molecule has 0 unspecified atom stereocenters. The molecule has 1 N–H and O–H groups in total. The number of nitrogens with one attached hydrogen (secondary N) is 1. The lowest BCUT2D eigenvalue weighted by molar-refractivity contribution is -0.116. The average molecular weight is 386 g/mol. The van der Waals surface area contributed by atoms with Crippen molar-refractivity contribution in [2.45, 2.75) is 12.8 Å². The first kappa shape index (κ1) is 18.6. The minimum atomic E-state index is -0.396. The number of hydrogen-bond acceptors (Lipinski definition) is 4. The number of amides is 3. The molecule has 0 aromatic heterocycles. The number of nitrogens with zero attached hydrogens (tertiary/aromatic N) is 1. The van der Waals surface area contributed by atoms with Crippen LogP contribution in [0.4, 0.5) is 5.69 Å². The van der Waals surface area contributed by atoms with Crippen LogP contribution in [0.25, 0.3) is 10.8 Å². The summed E-state index contributed by atoms with van der Waals surface area (Å²) in [5, 5.41) is 4.71. The maximum Gasteiger partial charge on any atom is 0.261 e. The Morgan fingerprint density at radius 1 is 0.828 bits per heavy atom. The number of Topliss-reactive ketones (excluding diaryl/α,β-unsaturated/α-hetero) is 1. The second-order valence-electron chi connectivity index (χ2n) is 6.96. The van der Waals surface area contributed by atoms with Crippen molar-refractivity contribution in [2.75, 3.05) is 12.4 Å². The van der Waals surface area contributed by atoms with Crippen molar-refractivity contribution in [2.24, 2.45) is 0 Å². The molecular formula is C23H18N2O4. The van der Waals surface area contributed by atoms with Crippen molar-refractivity contribution >= 4 is 40.0 Å². The zero-order valence-electron chi connectivity index (χ0n) is 15.8. The minimum Gasteiger partial charge on any atom is -0.326 e. The zero-order chi connectivity index (χ0) is 20.5. The molecule has 29 heavy (non-hydrogen) atoms. The van der Waals surface area contributed by atoms with Crippen LogP contribution in [-0.2, 0) is 4.79 Å². The Kier molecular flexibility index (Phi) is 4.68. The fraction of sp³-hybridized carbons (Fsp3) is 0.130. The number of fused-ring (bicyclic) bond motifs is 2. The fourth-order valence-corrected chi connectivity index (χ4v) is 3.40. The average Bonchev–Trinajstić information content (AvgIpc) is 2.95. The lowest BCUT2D eigenvalue weighted by atomic mass is 10.0. The highest BCUT2D eigenvalue weighted by atomic mass is 16.2. The first-order valence-electron chi connectivity index (χ1n) is 9.22. The largest absolute Gasteiger partial charge is 0.326 e. The number of carbonyl (C=O) groups excluding carboxylic acids is 4. The van der Waals surface area contributed by atoms with Crippen LogP contribution >= 0.6 is 0 Å². The smallest absolute Gasteiger partial charge is 0.261 e. The van der Waals surface area contributed by atoms with Gasteiger partial charge in [-0.3, -0.25) is 24.1 Å². The summed E-state index contributed by atoms with van der Waals surface area (Å²) in [5.74, 6) is -1.19. The first-order valence-corrected chi connectivity index (χ1v) is 9.22. The van der Waals surface area contributed by atoms with Gasteiger partial charge < -0.3 is 5.32 Å². The summed E-state index contributed by atoms with van der Waals surface area (Å²) in [6, 6.07) is 17.8. The minimum absolute atomic E-state index is 0.0233. The van der Waals surface area contributed by atoms with E-state index in [0.29, 0.717) is 16.8 Å². The number of carbonyl (C=O) groups is 4. The SMILES string of the molecule is CN1C(=O)c2ccc(NC(=O)CCC(=O)c3ccc4ccccc4c3)cc2C1=O. The van der Waals surface area contributed by atoms with Gasteiger partial charge in [-0.05, 0) is 35.0 Å². The van der Waals surface area contributed by atoms with E-state index in [1.165, 1.54) is 19.2 Å². The van der Waals surface area contributed by atoms with Crippen LogP contribution in [0.2, 0.25) is 0 Å². The van der Waals surface area contributed by atoms with Gasteiger partial charge in [-0.2, -0.15) is 0 Å². The molecule has 3 aromatic rings. The van der Waals surface area contributed by atoms with Gasteiger partial charge in [-0.1, -0.05) is 36.4 Å². The number of anilines is 1. The van der Waals surface area contributed by atoms with Crippen molar-refractivity contribution < 1.29 is 19.2 Å². The van der Waals surface area contributed by atoms with E-state index in [2.05, 4.69) is 5.32 Å². The molecule has 0 atom stereocenters. The molecular weight excluding hydrogens is 368 g/mol. The third-order valence-corrected chi connectivity index (χ3v) is 5.02.